The van der Waals surface area contributed by atoms with Crippen molar-refractivity contribution in [1.82, 2.24) is 0 Å². The minimum absolute atomic E-state index is 0.151. The van der Waals surface area contributed by atoms with E-state index in [0.29, 0.717) is 22.6 Å². The lowest BCUT2D eigenvalue weighted by atomic mass is 10.0. The quantitative estimate of drug-likeness (QED) is 0.460. The van der Waals surface area contributed by atoms with Gasteiger partial charge in [-0.25, -0.2) is 0 Å². The van der Waals surface area contributed by atoms with Gasteiger partial charge in [-0.3, -0.25) is 0 Å². The van der Waals surface area contributed by atoms with Gasteiger partial charge in [0.15, 0.2) is 11.5 Å². The van der Waals surface area contributed by atoms with Crippen molar-refractivity contribution in [2.75, 3.05) is 7.11 Å². The number of alkyl halides is 3. The van der Waals surface area contributed by atoms with Gasteiger partial charge in [0, 0.05) is 0 Å². The van der Waals surface area contributed by atoms with E-state index in [1.807, 2.05) is 0 Å². The Bertz CT molecular complexity index is 889. The Kier molecular flexibility index (Phi) is 5.93. The first-order valence-electron chi connectivity index (χ1n) is 9.05. The van der Waals surface area contributed by atoms with Gasteiger partial charge in [-0.15, -0.1) is 0 Å². The predicted octanol–water partition coefficient (Wildman–Crippen LogP) is 6.10. The normalized spacial score (nSPS) is 15.3. The summed E-state index contributed by atoms with van der Waals surface area (Å²) in [7, 11) is 1.56. The number of hydrogen-bond donors (Lipinski definition) is 0. The van der Waals surface area contributed by atoms with Gasteiger partial charge >= 0.3 is 6.18 Å². The lowest BCUT2D eigenvalue weighted by Crippen LogP contribution is -2.11. The van der Waals surface area contributed by atoms with Crippen LogP contribution >= 0.6 is 0 Å². The Morgan fingerprint density at radius 2 is 1.75 bits per heavy atom. The van der Waals surface area contributed by atoms with Crippen molar-refractivity contribution in [3.05, 3.63) is 59.2 Å². The maximum absolute atomic E-state index is 12.7. The second kappa shape index (κ2) is 8.39. The van der Waals surface area contributed by atoms with Crippen LogP contribution < -0.4 is 9.47 Å². The largest absolute Gasteiger partial charge is 0.493 e. The highest BCUT2D eigenvalue weighted by Gasteiger charge is 2.30. The highest BCUT2D eigenvalue weighted by molar-refractivity contribution is 5.89. The zero-order valence-electron chi connectivity index (χ0n) is 15.4. The molecule has 146 valence electrons. The van der Waals surface area contributed by atoms with Crippen molar-refractivity contribution >= 4 is 11.6 Å². The molecular formula is C22H20F3NO2. The average Bonchev–Trinajstić information content (AvgIpc) is 3.19. The predicted molar refractivity (Wildman–Crippen MR) is 101 cm³/mol. The average molecular weight is 387 g/mol. The van der Waals surface area contributed by atoms with E-state index in [9.17, 15) is 18.4 Å². The first kappa shape index (κ1) is 19.8. The SMILES string of the molecule is COc1ccc(/C=C(\C#N)c2ccc(C(F)(F)F)cc2)cc1OC1CCCC1. The first-order chi connectivity index (χ1) is 13.4. The zero-order valence-corrected chi connectivity index (χ0v) is 15.4. The van der Waals surface area contributed by atoms with Crippen LogP contribution in [0.1, 0.15) is 42.4 Å². The van der Waals surface area contributed by atoms with E-state index in [1.54, 1.807) is 31.4 Å². The van der Waals surface area contributed by atoms with E-state index < -0.39 is 11.7 Å². The molecule has 2 aromatic carbocycles. The summed E-state index contributed by atoms with van der Waals surface area (Å²) in [4.78, 5) is 0. The summed E-state index contributed by atoms with van der Waals surface area (Å²) >= 11 is 0. The van der Waals surface area contributed by atoms with Crippen molar-refractivity contribution in [2.24, 2.45) is 0 Å². The molecule has 0 aromatic heterocycles. The molecule has 1 saturated carbocycles. The van der Waals surface area contributed by atoms with Crippen molar-refractivity contribution in [3.8, 4) is 17.6 Å². The van der Waals surface area contributed by atoms with E-state index in [-0.39, 0.29) is 11.7 Å². The molecule has 0 unspecified atom stereocenters. The number of nitrogens with zero attached hydrogens (tertiary/aromatic N) is 1. The van der Waals surface area contributed by atoms with Crippen LogP contribution in [0, 0.1) is 11.3 Å². The van der Waals surface area contributed by atoms with Crippen molar-refractivity contribution < 1.29 is 22.6 Å². The van der Waals surface area contributed by atoms with Gasteiger partial charge in [0.25, 0.3) is 0 Å². The van der Waals surface area contributed by atoms with Crippen molar-refractivity contribution in [3.63, 3.8) is 0 Å². The van der Waals surface area contributed by atoms with Gasteiger partial charge in [-0.2, -0.15) is 18.4 Å². The van der Waals surface area contributed by atoms with Gasteiger partial charge in [0.05, 0.1) is 30.4 Å². The molecule has 0 radical (unpaired) electrons. The number of rotatable bonds is 5. The summed E-state index contributed by atoms with van der Waals surface area (Å²) in [5.74, 6) is 1.21. The highest BCUT2D eigenvalue weighted by atomic mass is 19.4. The van der Waals surface area contributed by atoms with Crippen LogP contribution in [-0.4, -0.2) is 13.2 Å². The highest BCUT2D eigenvalue weighted by Crippen LogP contribution is 2.34. The zero-order chi connectivity index (χ0) is 20.1. The number of benzene rings is 2. The molecule has 0 saturated heterocycles. The number of ether oxygens (including phenoxy) is 2. The first-order valence-corrected chi connectivity index (χ1v) is 9.05. The summed E-state index contributed by atoms with van der Waals surface area (Å²) in [5.41, 5.74) is 0.658. The molecule has 1 aliphatic carbocycles. The van der Waals surface area contributed by atoms with Crippen LogP contribution in [0.15, 0.2) is 42.5 Å². The molecule has 0 aliphatic heterocycles. The second-order valence-corrected chi connectivity index (χ2v) is 6.68. The Labute approximate surface area is 162 Å². The van der Waals surface area contributed by atoms with Gasteiger partial charge in [0.2, 0.25) is 0 Å². The molecular weight excluding hydrogens is 367 g/mol. The monoisotopic (exact) mass is 387 g/mol. The lowest BCUT2D eigenvalue weighted by molar-refractivity contribution is -0.137. The van der Waals surface area contributed by atoms with E-state index in [4.69, 9.17) is 9.47 Å². The van der Waals surface area contributed by atoms with E-state index in [2.05, 4.69) is 6.07 Å². The third-order valence-electron chi connectivity index (χ3n) is 4.74. The van der Waals surface area contributed by atoms with Crippen LogP contribution in [0.3, 0.4) is 0 Å². The fourth-order valence-electron chi connectivity index (χ4n) is 3.25. The Morgan fingerprint density at radius 1 is 1.07 bits per heavy atom. The molecule has 0 atom stereocenters. The molecule has 1 aliphatic rings. The smallest absolute Gasteiger partial charge is 0.416 e. The summed E-state index contributed by atoms with van der Waals surface area (Å²) < 4.78 is 49.6. The molecule has 0 spiro atoms. The van der Waals surface area contributed by atoms with Gasteiger partial charge in [-0.1, -0.05) is 18.2 Å². The molecule has 28 heavy (non-hydrogen) atoms. The van der Waals surface area contributed by atoms with Crippen molar-refractivity contribution in [2.45, 2.75) is 38.0 Å². The minimum atomic E-state index is -4.41. The van der Waals surface area contributed by atoms with Crippen LogP contribution in [0.2, 0.25) is 0 Å². The summed E-state index contributed by atoms with van der Waals surface area (Å²) in [6, 6.07) is 11.9. The van der Waals surface area contributed by atoms with Gasteiger partial charge in [0.1, 0.15) is 0 Å². The van der Waals surface area contributed by atoms with Gasteiger partial charge < -0.3 is 9.47 Å². The number of hydrogen-bond acceptors (Lipinski definition) is 3. The number of allylic oxidation sites excluding steroid dienone is 1. The van der Waals surface area contributed by atoms with E-state index in [0.717, 1.165) is 37.8 Å². The fraction of sp³-hybridized carbons (Fsp3) is 0.318. The molecule has 3 rings (SSSR count). The van der Waals surface area contributed by atoms with Crippen LogP contribution in [-0.2, 0) is 6.18 Å². The van der Waals surface area contributed by atoms with E-state index in [1.165, 1.54) is 12.1 Å². The molecule has 3 nitrogen and oxygen atoms in total. The third kappa shape index (κ3) is 4.66. The lowest BCUT2D eigenvalue weighted by Gasteiger charge is -2.16. The molecule has 0 N–H and O–H groups in total. The molecule has 0 heterocycles. The summed E-state index contributed by atoms with van der Waals surface area (Å²) in [6.07, 6.45) is 1.65. The maximum atomic E-state index is 12.7. The second-order valence-electron chi connectivity index (χ2n) is 6.68. The summed E-state index contributed by atoms with van der Waals surface area (Å²) in [6.45, 7) is 0. The van der Waals surface area contributed by atoms with E-state index >= 15 is 0 Å². The number of nitriles is 1. The molecule has 0 amide bonds. The van der Waals surface area contributed by atoms with Crippen LogP contribution in [0.4, 0.5) is 13.2 Å². The van der Waals surface area contributed by atoms with Gasteiger partial charge in [-0.05, 0) is 67.2 Å². The summed E-state index contributed by atoms with van der Waals surface area (Å²) in [5, 5.41) is 9.47. The van der Waals surface area contributed by atoms with Crippen LogP contribution in [0.5, 0.6) is 11.5 Å². The fourth-order valence-corrected chi connectivity index (χ4v) is 3.25. The Balaban J connectivity index is 1.88. The Morgan fingerprint density at radius 3 is 2.32 bits per heavy atom. The maximum Gasteiger partial charge on any atom is 0.416 e. The number of halogens is 3. The molecule has 6 heteroatoms. The molecule has 1 fully saturated rings. The third-order valence-corrected chi connectivity index (χ3v) is 4.74. The Hall–Kier alpha value is -2.94. The topological polar surface area (TPSA) is 42.2 Å². The molecule has 2 aromatic rings. The molecule has 0 bridgehead atoms. The van der Waals surface area contributed by atoms with Crippen LogP contribution in [0.25, 0.3) is 11.6 Å². The minimum Gasteiger partial charge on any atom is -0.493 e. The number of methoxy groups -OCH3 is 1. The standard InChI is InChI=1S/C22H20F3NO2/c1-27-20-11-6-15(13-21(20)28-19-4-2-3-5-19)12-17(14-26)16-7-9-18(10-8-16)22(23,24)25/h6-13,19H,2-5H2,1H3/b17-12+. The van der Waals surface area contributed by atoms with Crippen molar-refractivity contribution in [1.29, 1.82) is 5.26 Å².